The van der Waals surface area contributed by atoms with Crippen molar-refractivity contribution in [1.29, 1.82) is 0 Å². The molecule has 0 saturated carbocycles. The van der Waals surface area contributed by atoms with Crippen LogP contribution in [0.3, 0.4) is 0 Å². The molecule has 0 spiro atoms. The topological polar surface area (TPSA) is 18.5 Å². The first-order chi connectivity index (χ1) is 7.08. The minimum absolute atomic E-state index is 0.0921. The summed E-state index contributed by atoms with van der Waals surface area (Å²) in [6.45, 7) is 4.39. The van der Waals surface area contributed by atoms with Crippen molar-refractivity contribution in [3.63, 3.8) is 0 Å². The third-order valence-electron chi connectivity index (χ3n) is 2.93. The van der Waals surface area contributed by atoms with E-state index in [-0.39, 0.29) is 5.41 Å². The van der Waals surface area contributed by atoms with Crippen molar-refractivity contribution in [1.82, 2.24) is 0 Å². The maximum Gasteiger partial charge on any atom is 0.161 e. The second-order valence-corrected chi connectivity index (χ2v) is 4.35. The van der Waals surface area contributed by atoms with E-state index in [1.54, 1.807) is 14.2 Å². The molecule has 1 aromatic carbocycles. The first-order valence-electron chi connectivity index (χ1n) is 5.04. The Morgan fingerprint density at radius 3 is 2.20 bits per heavy atom. The molecule has 2 rings (SSSR count). The minimum atomic E-state index is 0.0921. The number of hydrogen-bond acceptors (Lipinski definition) is 2. The van der Waals surface area contributed by atoms with E-state index in [1.165, 1.54) is 11.1 Å². The highest BCUT2D eigenvalue weighted by Gasteiger charge is 2.26. The molecule has 0 unspecified atom stereocenters. The normalized spacial score (nSPS) is 16.3. The molecule has 2 heteroatoms. The summed E-state index contributed by atoms with van der Waals surface area (Å²) in [6.07, 6.45) is 4.34. The number of allylic oxidation sites excluding steroid dienone is 1. The zero-order valence-electron chi connectivity index (χ0n) is 9.63. The van der Waals surface area contributed by atoms with Gasteiger partial charge in [0.1, 0.15) is 0 Å². The highest BCUT2D eigenvalue weighted by molar-refractivity contribution is 5.68. The van der Waals surface area contributed by atoms with E-state index in [2.05, 4.69) is 32.1 Å². The molecule has 0 N–H and O–H groups in total. The van der Waals surface area contributed by atoms with Gasteiger partial charge in [-0.1, -0.05) is 26.0 Å². The van der Waals surface area contributed by atoms with E-state index in [4.69, 9.17) is 9.47 Å². The van der Waals surface area contributed by atoms with Crippen molar-refractivity contribution in [3.8, 4) is 11.5 Å². The molecule has 0 amide bonds. The molecule has 0 aromatic heterocycles. The maximum atomic E-state index is 5.30. The predicted molar refractivity (Wildman–Crippen MR) is 61.6 cm³/mol. The SMILES string of the molecule is COc1cc2c(cc1OC)C(C)(C)C=C2. The first-order valence-corrected chi connectivity index (χ1v) is 5.04. The van der Waals surface area contributed by atoms with Crippen LogP contribution < -0.4 is 9.47 Å². The average Bonchev–Trinajstić information content (AvgIpc) is 2.52. The van der Waals surface area contributed by atoms with Crippen LogP contribution in [0, 0.1) is 0 Å². The molecule has 2 nitrogen and oxygen atoms in total. The fourth-order valence-corrected chi connectivity index (χ4v) is 1.98. The first kappa shape index (κ1) is 10.1. The molecule has 0 radical (unpaired) electrons. The van der Waals surface area contributed by atoms with Crippen LogP contribution in [0.4, 0.5) is 0 Å². The van der Waals surface area contributed by atoms with Crippen LogP contribution in [0.15, 0.2) is 18.2 Å². The molecule has 0 bridgehead atoms. The summed E-state index contributed by atoms with van der Waals surface area (Å²) in [5.41, 5.74) is 2.60. The van der Waals surface area contributed by atoms with Crippen molar-refractivity contribution in [2.45, 2.75) is 19.3 Å². The molecule has 1 aliphatic rings. The maximum absolute atomic E-state index is 5.30. The van der Waals surface area contributed by atoms with Crippen LogP contribution >= 0.6 is 0 Å². The van der Waals surface area contributed by atoms with Gasteiger partial charge in [-0.25, -0.2) is 0 Å². The number of fused-ring (bicyclic) bond motifs is 1. The summed E-state index contributed by atoms with van der Waals surface area (Å²) < 4.78 is 10.6. The Morgan fingerprint density at radius 2 is 1.60 bits per heavy atom. The minimum Gasteiger partial charge on any atom is -0.493 e. The number of hydrogen-bond donors (Lipinski definition) is 0. The van der Waals surface area contributed by atoms with Gasteiger partial charge in [0.05, 0.1) is 14.2 Å². The van der Waals surface area contributed by atoms with E-state index < -0.39 is 0 Å². The lowest BCUT2D eigenvalue weighted by atomic mass is 9.87. The lowest BCUT2D eigenvalue weighted by molar-refractivity contribution is 0.354. The largest absolute Gasteiger partial charge is 0.493 e. The van der Waals surface area contributed by atoms with Crippen molar-refractivity contribution < 1.29 is 9.47 Å². The van der Waals surface area contributed by atoms with Gasteiger partial charge in [0.25, 0.3) is 0 Å². The molecule has 0 heterocycles. The Morgan fingerprint density at radius 1 is 1.00 bits per heavy atom. The van der Waals surface area contributed by atoms with E-state index in [0.29, 0.717) is 0 Å². The summed E-state index contributed by atoms with van der Waals surface area (Å²) in [4.78, 5) is 0. The lowest BCUT2D eigenvalue weighted by Crippen LogP contribution is -2.11. The second kappa shape index (κ2) is 3.30. The molecule has 80 valence electrons. The highest BCUT2D eigenvalue weighted by atomic mass is 16.5. The average molecular weight is 204 g/mol. The molecule has 1 aromatic rings. The third-order valence-corrected chi connectivity index (χ3v) is 2.93. The van der Waals surface area contributed by atoms with Gasteiger partial charge < -0.3 is 9.47 Å². The lowest BCUT2D eigenvalue weighted by Gasteiger charge is -2.19. The van der Waals surface area contributed by atoms with Crippen molar-refractivity contribution in [2.75, 3.05) is 14.2 Å². The molecular weight excluding hydrogens is 188 g/mol. The van der Waals surface area contributed by atoms with Gasteiger partial charge in [-0.3, -0.25) is 0 Å². The van der Waals surface area contributed by atoms with E-state index in [9.17, 15) is 0 Å². The van der Waals surface area contributed by atoms with Gasteiger partial charge >= 0.3 is 0 Å². The van der Waals surface area contributed by atoms with Crippen molar-refractivity contribution >= 4 is 6.08 Å². The van der Waals surface area contributed by atoms with Crippen molar-refractivity contribution in [3.05, 3.63) is 29.3 Å². The molecule has 0 atom stereocenters. The zero-order chi connectivity index (χ0) is 11.1. The van der Waals surface area contributed by atoms with Gasteiger partial charge in [-0.05, 0) is 23.3 Å². The second-order valence-electron chi connectivity index (χ2n) is 4.35. The summed E-state index contributed by atoms with van der Waals surface area (Å²) in [6, 6.07) is 4.09. The van der Waals surface area contributed by atoms with Gasteiger partial charge in [0.15, 0.2) is 11.5 Å². The Balaban J connectivity index is 2.58. The Kier molecular flexibility index (Phi) is 2.22. The number of benzene rings is 1. The Hall–Kier alpha value is -1.44. The molecular formula is C13H16O2. The quantitative estimate of drug-likeness (QED) is 0.737. The van der Waals surface area contributed by atoms with Crippen LogP contribution in [0.5, 0.6) is 11.5 Å². The molecule has 0 aliphatic heterocycles. The fraction of sp³-hybridized carbons (Fsp3) is 0.385. The number of methoxy groups -OCH3 is 2. The zero-order valence-corrected chi connectivity index (χ0v) is 9.63. The van der Waals surface area contributed by atoms with Gasteiger partial charge in [0, 0.05) is 5.41 Å². The van der Waals surface area contributed by atoms with Crippen molar-refractivity contribution in [2.24, 2.45) is 0 Å². The smallest absolute Gasteiger partial charge is 0.161 e. The fourth-order valence-electron chi connectivity index (χ4n) is 1.98. The highest BCUT2D eigenvalue weighted by Crippen LogP contribution is 2.41. The molecule has 0 fully saturated rings. The van der Waals surface area contributed by atoms with Gasteiger partial charge in [-0.2, -0.15) is 0 Å². The standard InChI is InChI=1S/C13H16O2/c1-13(2)6-5-9-7-11(14-3)12(15-4)8-10(9)13/h5-8H,1-4H3. The Bertz CT molecular complexity index is 417. The van der Waals surface area contributed by atoms with Crippen LogP contribution in [-0.2, 0) is 5.41 Å². The van der Waals surface area contributed by atoms with Gasteiger partial charge in [-0.15, -0.1) is 0 Å². The number of rotatable bonds is 2. The monoisotopic (exact) mass is 204 g/mol. The van der Waals surface area contributed by atoms with E-state index in [1.807, 2.05) is 6.07 Å². The molecule has 0 saturated heterocycles. The summed E-state index contributed by atoms with van der Waals surface area (Å²) in [5.74, 6) is 1.59. The summed E-state index contributed by atoms with van der Waals surface area (Å²) in [7, 11) is 3.33. The molecule has 15 heavy (non-hydrogen) atoms. The third kappa shape index (κ3) is 1.50. The van der Waals surface area contributed by atoms with Crippen LogP contribution in [0.2, 0.25) is 0 Å². The summed E-state index contributed by atoms with van der Waals surface area (Å²) >= 11 is 0. The van der Waals surface area contributed by atoms with E-state index in [0.717, 1.165) is 11.5 Å². The van der Waals surface area contributed by atoms with Crippen LogP contribution in [-0.4, -0.2) is 14.2 Å². The number of ether oxygens (including phenoxy) is 2. The Labute approximate surface area is 90.5 Å². The predicted octanol–water partition coefficient (Wildman–Crippen LogP) is 3.01. The molecule has 1 aliphatic carbocycles. The van der Waals surface area contributed by atoms with E-state index >= 15 is 0 Å². The van der Waals surface area contributed by atoms with Gasteiger partial charge in [0.2, 0.25) is 0 Å². The van der Waals surface area contributed by atoms with Crippen LogP contribution in [0.25, 0.3) is 6.08 Å². The summed E-state index contributed by atoms with van der Waals surface area (Å²) in [5, 5.41) is 0. The van der Waals surface area contributed by atoms with Crippen LogP contribution in [0.1, 0.15) is 25.0 Å².